The molecule has 4 nitrogen and oxygen atoms in total. The third-order valence-electron chi connectivity index (χ3n) is 3.29. The van der Waals surface area contributed by atoms with E-state index in [0.717, 1.165) is 54.8 Å². The van der Waals surface area contributed by atoms with Crippen molar-refractivity contribution in [1.82, 2.24) is 5.16 Å². The van der Waals surface area contributed by atoms with Gasteiger partial charge in [-0.3, -0.25) is 0 Å². The highest BCUT2D eigenvalue weighted by atomic mass is 16.5. The van der Waals surface area contributed by atoms with Gasteiger partial charge in [-0.15, -0.1) is 0 Å². The summed E-state index contributed by atoms with van der Waals surface area (Å²) in [7, 11) is 0. The molecule has 0 aromatic carbocycles. The highest BCUT2D eigenvalue weighted by Gasteiger charge is 2.35. The zero-order valence-electron chi connectivity index (χ0n) is 10.8. The number of fused-ring (bicyclic) bond motifs is 1. The lowest BCUT2D eigenvalue weighted by molar-refractivity contribution is 0.284. The molecule has 17 heavy (non-hydrogen) atoms. The minimum Gasteiger partial charge on any atom is -0.411 e. The fraction of sp³-hybridized carbons (Fsp3) is 0.692. The molecule has 1 aliphatic rings. The lowest BCUT2D eigenvalue weighted by Crippen LogP contribution is -2.27. The standard InChI is InChI=1S/C13H20N2O2/c1-4-5-6-9-12-10(14-16)7-13(2,3)8-11(12)17-15-9/h16H,4-8H2,1-3H3/b14-10+. The van der Waals surface area contributed by atoms with Crippen LogP contribution >= 0.6 is 0 Å². The van der Waals surface area contributed by atoms with Gasteiger partial charge in [-0.05, 0) is 24.7 Å². The number of unbranched alkanes of at least 4 members (excludes halogenated alkanes) is 1. The summed E-state index contributed by atoms with van der Waals surface area (Å²) in [5.74, 6) is 0.875. The van der Waals surface area contributed by atoms with Gasteiger partial charge in [0.15, 0.2) is 0 Å². The molecule has 0 amide bonds. The number of hydrogen-bond acceptors (Lipinski definition) is 4. The molecule has 0 spiro atoms. The van der Waals surface area contributed by atoms with Gasteiger partial charge in [0.1, 0.15) is 5.76 Å². The van der Waals surface area contributed by atoms with Gasteiger partial charge in [-0.1, -0.05) is 37.5 Å². The van der Waals surface area contributed by atoms with Crippen molar-refractivity contribution in [3.8, 4) is 0 Å². The number of aryl methyl sites for hydroxylation is 1. The first kappa shape index (κ1) is 12.1. The molecule has 0 bridgehead atoms. The van der Waals surface area contributed by atoms with Crippen LogP contribution in [0.25, 0.3) is 0 Å². The van der Waals surface area contributed by atoms with Crippen molar-refractivity contribution in [2.24, 2.45) is 10.6 Å². The summed E-state index contributed by atoms with van der Waals surface area (Å²) in [6.45, 7) is 6.45. The molecule has 0 saturated carbocycles. The van der Waals surface area contributed by atoms with E-state index >= 15 is 0 Å². The number of aromatic nitrogens is 1. The number of hydrogen-bond donors (Lipinski definition) is 1. The summed E-state index contributed by atoms with van der Waals surface area (Å²) >= 11 is 0. The second-order valence-electron chi connectivity index (χ2n) is 5.60. The molecule has 0 fully saturated rings. The van der Waals surface area contributed by atoms with Gasteiger partial charge in [0.05, 0.1) is 17.0 Å². The SMILES string of the molecule is CCCCc1noc2c1/C(=N/O)CC(C)(C)C2. The summed E-state index contributed by atoms with van der Waals surface area (Å²) < 4.78 is 5.41. The third-order valence-corrected chi connectivity index (χ3v) is 3.29. The predicted octanol–water partition coefficient (Wildman–Crippen LogP) is 3.17. The molecule has 0 radical (unpaired) electrons. The van der Waals surface area contributed by atoms with E-state index in [4.69, 9.17) is 9.73 Å². The van der Waals surface area contributed by atoms with Gasteiger partial charge in [-0.2, -0.15) is 0 Å². The minimum atomic E-state index is 0.0795. The number of oxime groups is 1. The Labute approximate surface area is 102 Å². The van der Waals surface area contributed by atoms with E-state index in [9.17, 15) is 0 Å². The zero-order chi connectivity index (χ0) is 12.5. The van der Waals surface area contributed by atoms with Crippen LogP contribution in [0.3, 0.4) is 0 Å². The Bertz CT molecular complexity index is 433. The van der Waals surface area contributed by atoms with Gasteiger partial charge in [0.25, 0.3) is 0 Å². The van der Waals surface area contributed by atoms with Crippen molar-refractivity contribution < 1.29 is 9.73 Å². The van der Waals surface area contributed by atoms with Crippen LogP contribution in [0, 0.1) is 5.41 Å². The normalized spacial score (nSPS) is 20.5. The maximum Gasteiger partial charge on any atom is 0.146 e. The topological polar surface area (TPSA) is 58.6 Å². The summed E-state index contributed by atoms with van der Waals surface area (Å²) in [4.78, 5) is 0. The van der Waals surface area contributed by atoms with Gasteiger partial charge < -0.3 is 9.73 Å². The molecule has 0 atom stereocenters. The molecule has 1 aromatic rings. The minimum absolute atomic E-state index is 0.0795. The fourth-order valence-electron chi connectivity index (χ4n) is 2.45. The molecule has 94 valence electrons. The molecule has 1 aromatic heterocycles. The second-order valence-corrected chi connectivity index (χ2v) is 5.60. The quantitative estimate of drug-likeness (QED) is 0.647. The number of nitrogens with zero attached hydrogens (tertiary/aromatic N) is 2. The van der Waals surface area contributed by atoms with Crippen molar-refractivity contribution in [2.75, 3.05) is 0 Å². The molecule has 0 saturated heterocycles. The van der Waals surface area contributed by atoms with E-state index < -0.39 is 0 Å². The molecule has 1 N–H and O–H groups in total. The monoisotopic (exact) mass is 236 g/mol. The van der Waals surface area contributed by atoms with Crippen LogP contribution in [0.1, 0.15) is 57.1 Å². The Kier molecular flexibility index (Phi) is 3.22. The molecular formula is C13H20N2O2. The van der Waals surface area contributed by atoms with Crippen LogP contribution in [0.15, 0.2) is 9.68 Å². The lowest BCUT2D eigenvalue weighted by Gasteiger charge is -2.28. The first-order valence-corrected chi connectivity index (χ1v) is 6.26. The fourth-order valence-corrected chi connectivity index (χ4v) is 2.45. The molecule has 0 aliphatic heterocycles. The maximum absolute atomic E-state index is 9.16. The zero-order valence-corrected chi connectivity index (χ0v) is 10.8. The van der Waals surface area contributed by atoms with E-state index in [1.54, 1.807) is 0 Å². The summed E-state index contributed by atoms with van der Waals surface area (Å²) in [5, 5.41) is 16.7. The highest BCUT2D eigenvalue weighted by Crippen LogP contribution is 2.36. The van der Waals surface area contributed by atoms with Crippen molar-refractivity contribution in [3.63, 3.8) is 0 Å². The third kappa shape index (κ3) is 2.35. The van der Waals surface area contributed by atoms with Crippen LogP contribution in [0.2, 0.25) is 0 Å². The van der Waals surface area contributed by atoms with E-state index in [1.807, 2.05) is 0 Å². The van der Waals surface area contributed by atoms with E-state index in [-0.39, 0.29) is 5.41 Å². The summed E-state index contributed by atoms with van der Waals surface area (Å²) in [6, 6.07) is 0. The van der Waals surface area contributed by atoms with Crippen molar-refractivity contribution in [1.29, 1.82) is 0 Å². The van der Waals surface area contributed by atoms with Crippen molar-refractivity contribution in [2.45, 2.75) is 52.9 Å². The van der Waals surface area contributed by atoms with Crippen LogP contribution in [-0.2, 0) is 12.8 Å². The maximum atomic E-state index is 9.16. The molecular weight excluding hydrogens is 216 g/mol. The van der Waals surface area contributed by atoms with Gasteiger partial charge in [-0.25, -0.2) is 0 Å². The highest BCUT2D eigenvalue weighted by molar-refractivity contribution is 6.03. The Morgan fingerprint density at radius 1 is 1.41 bits per heavy atom. The Balaban J connectivity index is 2.35. The van der Waals surface area contributed by atoms with Crippen LogP contribution in [0.4, 0.5) is 0 Å². The van der Waals surface area contributed by atoms with E-state index in [1.165, 1.54) is 0 Å². The largest absolute Gasteiger partial charge is 0.411 e. The second kappa shape index (κ2) is 4.51. The van der Waals surface area contributed by atoms with Gasteiger partial charge in [0, 0.05) is 6.42 Å². The molecule has 1 heterocycles. The molecule has 1 aliphatic carbocycles. The van der Waals surface area contributed by atoms with Gasteiger partial charge >= 0.3 is 0 Å². The molecule has 4 heteroatoms. The predicted molar refractivity (Wildman–Crippen MR) is 65.5 cm³/mol. The van der Waals surface area contributed by atoms with Crippen LogP contribution in [0.5, 0.6) is 0 Å². The average molecular weight is 236 g/mol. The summed E-state index contributed by atoms with van der Waals surface area (Å²) in [5.41, 5.74) is 2.71. The van der Waals surface area contributed by atoms with E-state index in [0.29, 0.717) is 0 Å². The number of rotatable bonds is 3. The lowest BCUT2D eigenvalue weighted by atomic mass is 9.75. The Hall–Kier alpha value is -1.32. The van der Waals surface area contributed by atoms with Crippen LogP contribution in [-0.4, -0.2) is 16.1 Å². The van der Waals surface area contributed by atoms with Crippen molar-refractivity contribution in [3.05, 3.63) is 17.0 Å². The first-order valence-electron chi connectivity index (χ1n) is 6.26. The Morgan fingerprint density at radius 2 is 2.18 bits per heavy atom. The Morgan fingerprint density at radius 3 is 2.82 bits per heavy atom. The molecule has 2 rings (SSSR count). The average Bonchev–Trinajstić information content (AvgIpc) is 2.66. The van der Waals surface area contributed by atoms with E-state index in [2.05, 4.69) is 31.1 Å². The van der Waals surface area contributed by atoms with Crippen LogP contribution < -0.4 is 0 Å². The smallest absolute Gasteiger partial charge is 0.146 e. The van der Waals surface area contributed by atoms with Gasteiger partial charge in [0.2, 0.25) is 0 Å². The molecule has 0 unspecified atom stereocenters. The summed E-state index contributed by atoms with van der Waals surface area (Å²) in [6.07, 6.45) is 4.74. The van der Waals surface area contributed by atoms with Crippen molar-refractivity contribution >= 4 is 5.71 Å². The first-order chi connectivity index (χ1) is 8.07.